The zero-order valence-corrected chi connectivity index (χ0v) is 8.34. The molecule has 0 aromatic rings. The molecule has 0 bridgehead atoms. The van der Waals surface area contributed by atoms with Crippen LogP contribution >= 0.6 is 0 Å². The van der Waals surface area contributed by atoms with E-state index in [1.54, 1.807) is 0 Å². The predicted octanol–water partition coefficient (Wildman–Crippen LogP) is 1.33. The van der Waals surface area contributed by atoms with Crippen LogP contribution in [0.2, 0.25) is 0 Å². The lowest BCUT2D eigenvalue weighted by molar-refractivity contribution is -0.125. The maximum absolute atomic E-state index is 11.1. The molecule has 0 radical (unpaired) electrons. The summed E-state index contributed by atoms with van der Waals surface area (Å²) in [5.74, 6) is 0.883. The maximum Gasteiger partial charge on any atom is 0.245 e. The molecule has 0 spiro atoms. The Bertz CT molecular complexity index is 155. The van der Waals surface area contributed by atoms with E-state index in [4.69, 9.17) is 4.74 Å². The highest BCUT2D eigenvalue weighted by Gasteiger charge is 2.16. The second kappa shape index (κ2) is 5.97. The number of amides is 1. The van der Waals surface area contributed by atoms with E-state index in [2.05, 4.69) is 5.32 Å². The van der Waals surface area contributed by atoms with E-state index in [0.717, 1.165) is 18.9 Å². The highest BCUT2D eigenvalue weighted by Crippen LogP contribution is 2.28. The van der Waals surface area contributed by atoms with E-state index in [9.17, 15) is 4.79 Å². The molecule has 13 heavy (non-hydrogen) atoms. The van der Waals surface area contributed by atoms with Crippen molar-refractivity contribution in [1.29, 1.82) is 0 Å². The molecule has 0 unspecified atom stereocenters. The summed E-state index contributed by atoms with van der Waals surface area (Å²) in [6, 6.07) is 0. The molecular weight excluding hydrogens is 166 g/mol. The first-order valence-corrected chi connectivity index (χ1v) is 5.17. The van der Waals surface area contributed by atoms with Crippen molar-refractivity contribution >= 4 is 5.91 Å². The average molecular weight is 185 g/mol. The van der Waals surface area contributed by atoms with Crippen molar-refractivity contribution in [3.8, 4) is 0 Å². The number of hydrogen-bond acceptors (Lipinski definition) is 2. The Kier molecular flexibility index (Phi) is 4.83. The normalized spacial score (nSPS) is 16.7. The largest absolute Gasteiger partial charge is 0.372 e. The molecule has 0 heterocycles. The number of carbonyl (C=O) groups excluding carboxylic acids is 1. The minimum Gasteiger partial charge on any atom is -0.372 e. The smallest absolute Gasteiger partial charge is 0.245 e. The molecule has 1 N–H and O–H groups in total. The van der Waals surface area contributed by atoms with Crippen molar-refractivity contribution in [2.45, 2.75) is 32.6 Å². The average Bonchev–Trinajstić information content (AvgIpc) is 2.06. The van der Waals surface area contributed by atoms with E-state index in [-0.39, 0.29) is 12.5 Å². The van der Waals surface area contributed by atoms with E-state index in [1.807, 2.05) is 6.92 Å². The standard InChI is InChI=1S/C10H19NO2/c1-2-13-8-10(12)11-7-6-9-4-3-5-9/h9H,2-8H2,1H3,(H,11,12). The van der Waals surface area contributed by atoms with Crippen LogP contribution in [0, 0.1) is 5.92 Å². The van der Waals surface area contributed by atoms with Gasteiger partial charge in [-0.2, -0.15) is 0 Å². The fourth-order valence-corrected chi connectivity index (χ4v) is 1.44. The minimum atomic E-state index is 0.0150. The van der Waals surface area contributed by atoms with Gasteiger partial charge < -0.3 is 10.1 Å². The van der Waals surface area contributed by atoms with Crippen LogP contribution < -0.4 is 5.32 Å². The zero-order chi connectivity index (χ0) is 9.52. The van der Waals surface area contributed by atoms with Crippen LogP contribution in [0.15, 0.2) is 0 Å². The third-order valence-electron chi connectivity index (χ3n) is 2.54. The molecule has 1 aliphatic rings. The van der Waals surface area contributed by atoms with Crippen molar-refractivity contribution in [2.24, 2.45) is 5.92 Å². The summed E-state index contributed by atoms with van der Waals surface area (Å²) in [5, 5.41) is 2.85. The van der Waals surface area contributed by atoms with Crippen LogP contribution in [-0.2, 0) is 9.53 Å². The summed E-state index contributed by atoms with van der Waals surface area (Å²) in [4.78, 5) is 11.1. The maximum atomic E-state index is 11.1. The van der Waals surface area contributed by atoms with Gasteiger partial charge in [-0.15, -0.1) is 0 Å². The summed E-state index contributed by atoms with van der Waals surface area (Å²) in [6.45, 7) is 3.52. The van der Waals surface area contributed by atoms with Crippen molar-refractivity contribution in [1.82, 2.24) is 5.32 Å². The highest BCUT2D eigenvalue weighted by molar-refractivity contribution is 5.77. The van der Waals surface area contributed by atoms with Crippen LogP contribution in [0.1, 0.15) is 32.6 Å². The van der Waals surface area contributed by atoms with E-state index < -0.39 is 0 Å². The Hall–Kier alpha value is -0.570. The first-order valence-electron chi connectivity index (χ1n) is 5.17. The molecule has 1 rings (SSSR count). The first-order chi connectivity index (χ1) is 6.33. The zero-order valence-electron chi connectivity index (χ0n) is 8.34. The van der Waals surface area contributed by atoms with Crippen LogP contribution in [0.4, 0.5) is 0 Å². The molecule has 3 nitrogen and oxygen atoms in total. The summed E-state index contributed by atoms with van der Waals surface area (Å²) < 4.78 is 4.98. The lowest BCUT2D eigenvalue weighted by Crippen LogP contribution is -2.30. The monoisotopic (exact) mass is 185 g/mol. The van der Waals surface area contributed by atoms with Gasteiger partial charge in [0.1, 0.15) is 6.61 Å². The second-order valence-corrected chi connectivity index (χ2v) is 3.57. The predicted molar refractivity (Wildman–Crippen MR) is 51.5 cm³/mol. The Morgan fingerprint density at radius 1 is 1.54 bits per heavy atom. The number of carbonyl (C=O) groups is 1. The van der Waals surface area contributed by atoms with Gasteiger partial charge in [0.2, 0.25) is 5.91 Å². The van der Waals surface area contributed by atoms with Gasteiger partial charge in [0, 0.05) is 13.2 Å². The summed E-state index contributed by atoms with van der Waals surface area (Å²) in [7, 11) is 0. The number of hydrogen-bond donors (Lipinski definition) is 1. The highest BCUT2D eigenvalue weighted by atomic mass is 16.5. The van der Waals surface area contributed by atoms with Gasteiger partial charge in [0.15, 0.2) is 0 Å². The molecule has 1 aliphatic carbocycles. The molecule has 3 heteroatoms. The molecule has 76 valence electrons. The summed E-state index contributed by atoms with van der Waals surface area (Å²) in [6.07, 6.45) is 5.21. The molecular formula is C10H19NO2. The lowest BCUT2D eigenvalue weighted by atomic mass is 9.83. The van der Waals surface area contributed by atoms with E-state index >= 15 is 0 Å². The van der Waals surface area contributed by atoms with Gasteiger partial charge in [-0.05, 0) is 19.3 Å². The van der Waals surface area contributed by atoms with Crippen molar-refractivity contribution < 1.29 is 9.53 Å². The fourth-order valence-electron chi connectivity index (χ4n) is 1.44. The minimum absolute atomic E-state index is 0.0150. The van der Waals surface area contributed by atoms with Crippen molar-refractivity contribution in [2.75, 3.05) is 19.8 Å². The Labute approximate surface area is 79.8 Å². The van der Waals surface area contributed by atoms with Crippen molar-refractivity contribution in [3.63, 3.8) is 0 Å². The molecule has 0 saturated heterocycles. The SMILES string of the molecule is CCOCC(=O)NCCC1CCC1. The lowest BCUT2D eigenvalue weighted by Gasteiger charge is -2.25. The summed E-state index contributed by atoms with van der Waals surface area (Å²) in [5.41, 5.74) is 0. The third kappa shape index (κ3) is 4.27. The molecule has 0 aromatic carbocycles. The van der Waals surface area contributed by atoms with Gasteiger partial charge in [-0.3, -0.25) is 4.79 Å². The Balaban J connectivity index is 1.88. The van der Waals surface area contributed by atoms with Crippen molar-refractivity contribution in [3.05, 3.63) is 0 Å². The third-order valence-corrected chi connectivity index (χ3v) is 2.54. The van der Waals surface area contributed by atoms with Crippen LogP contribution in [-0.4, -0.2) is 25.7 Å². The molecule has 1 saturated carbocycles. The Morgan fingerprint density at radius 3 is 2.85 bits per heavy atom. The molecule has 0 aliphatic heterocycles. The van der Waals surface area contributed by atoms with Gasteiger partial charge >= 0.3 is 0 Å². The second-order valence-electron chi connectivity index (χ2n) is 3.57. The molecule has 1 fully saturated rings. The number of ether oxygens (including phenoxy) is 1. The Morgan fingerprint density at radius 2 is 2.31 bits per heavy atom. The number of rotatable bonds is 6. The van der Waals surface area contributed by atoms with E-state index in [1.165, 1.54) is 19.3 Å². The molecule has 0 atom stereocenters. The van der Waals surface area contributed by atoms with Gasteiger partial charge in [0.25, 0.3) is 0 Å². The van der Waals surface area contributed by atoms with Crippen LogP contribution in [0.25, 0.3) is 0 Å². The first kappa shape index (κ1) is 10.5. The number of nitrogens with one attached hydrogen (secondary N) is 1. The topological polar surface area (TPSA) is 38.3 Å². The molecule has 0 aromatic heterocycles. The van der Waals surface area contributed by atoms with Crippen LogP contribution in [0.5, 0.6) is 0 Å². The van der Waals surface area contributed by atoms with Gasteiger partial charge in [-0.1, -0.05) is 19.3 Å². The fraction of sp³-hybridized carbons (Fsp3) is 0.900. The summed E-state index contributed by atoms with van der Waals surface area (Å²) >= 11 is 0. The van der Waals surface area contributed by atoms with E-state index in [0.29, 0.717) is 6.61 Å². The van der Waals surface area contributed by atoms with Gasteiger partial charge in [0.05, 0.1) is 0 Å². The quantitative estimate of drug-likeness (QED) is 0.678. The van der Waals surface area contributed by atoms with Crippen LogP contribution in [0.3, 0.4) is 0 Å². The van der Waals surface area contributed by atoms with Gasteiger partial charge in [-0.25, -0.2) is 0 Å². The molecule has 1 amide bonds.